The van der Waals surface area contributed by atoms with E-state index in [1.165, 1.54) is 32.1 Å². The molecular formula is C19H26N2O3. The lowest BCUT2D eigenvalue weighted by atomic mass is 9.69. The molecule has 2 fully saturated rings. The molecule has 1 aromatic carbocycles. The van der Waals surface area contributed by atoms with Gasteiger partial charge in [-0.2, -0.15) is 0 Å². The van der Waals surface area contributed by atoms with Gasteiger partial charge in [-0.1, -0.05) is 25.7 Å². The Kier molecular flexibility index (Phi) is 5.38. The Hall–Kier alpha value is -2.04. The summed E-state index contributed by atoms with van der Waals surface area (Å²) in [5.74, 6) is 1.66. The smallest absolute Gasteiger partial charge is 0.255 e. The fourth-order valence-corrected chi connectivity index (χ4v) is 4.13. The minimum absolute atomic E-state index is 0.0317. The van der Waals surface area contributed by atoms with Crippen molar-refractivity contribution in [3.8, 4) is 5.75 Å². The lowest BCUT2D eigenvalue weighted by Gasteiger charge is -2.39. The average molecular weight is 330 g/mol. The van der Waals surface area contributed by atoms with Crippen molar-refractivity contribution in [2.24, 2.45) is 17.6 Å². The number of fused-ring (bicyclic) bond motifs is 1. The van der Waals surface area contributed by atoms with E-state index in [0.717, 1.165) is 24.7 Å². The number of benzene rings is 1. The quantitative estimate of drug-likeness (QED) is 0.871. The van der Waals surface area contributed by atoms with Gasteiger partial charge in [-0.05, 0) is 55.4 Å². The normalized spacial score (nSPS) is 26.2. The summed E-state index contributed by atoms with van der Waals surface area (Å²) < 4.78 is 5.21. The van der Waals surface area contributed by atoms with Gasteiger partial charge in [0.15, 0.2) is 6.61 Å². The Morgan fingerprint density at radius 1 is 1.04 bits per heavy atom. The van der Waals surface area contributed by atoms with E-state index in [4.69, 9.17) is 10.5 Å². The van der Waals surface area contributed by atoms with Crippen molar-refractivity contribution in [1.82, 2.24) is 5.32 Å². The molecule has 5 nitrogen and oxygen atoms in total. The van der Waals surface area contributed by atoms with Crippen molar-refractivity contribution in [3.63, 3.8) is 0 Å². The fourth-order valence-electron chi connectivity index (χ4n) is 4.13. The maximum atomic E-state index is 12.4. The number of nitrogens with two attached hydrogens (primary N) is 1. The molecule has 0 aromatic heterocycles. The molecule has 5 heteroatoms. The zero-order valence-electron chi connectivity index (χ0n) is 14.0. The predicted molar refractivity (Wildman–Crippen MR) is 91.7 cm³/mol. The SMILES string of the molecule is NC(=O)COc1ccc(C(=O)N[C@@H]2CC[C@@H]3CCCC[C@H]3C2)cc1. The van der Waals surface area contributed by atoms with E-state index in [-0.39, 0.29) is 12.5 Å². The van der Waals surface area contributed by atoms with E-state index in [0.29, 0.717) is 17.4 Å². The van der Waals surface area contributed by atoms with Crippen molar-refractivity contribution in [2.45, 2.75) is 51.0 Å². The highest BCUT2D eigenvalue weighted by molar-refractivity contribution is 5.94. The lowest BCUT2D eigenvalue weighted by molar-refractivity contribution is -0.119. The van der Waals surface area contributed by atoms with E-state index in [1.807, 2.05) is 0 Å². The van der Waals surface area contributed by atoms with Crippen LogP contribution in [0.1, 0.15) is 55.3 Å². The highest BCUT2D eigenvalue weighted by Gasteiger charge is 2.32. The number of carbonyl (C=O) groups is 2. The summed E-state index contributed by atoms with van der Waals surface area (Å²) in [4.78, 5) is 23.1. The zero-order chi connectivity index (χ0) is 16.9. The van der Waals surface area contributed by atoms with Crippen LogP contribution in [-0.2, 0) is 4.79 Å². The Morgan fingerprint density at radius 3 is 2.46 bits per heavy atom. The van der Waals surface area contributed by atoms with E-state index >= 15 is 0 Å². The van der Waals surface area contributed by atoms with Gasteiger partial charge >= 0.3 is 0 Å². The molecule has 2 aliphatic rings. The molecule has 0 saturated heterocycles. The van der Waals surface area contributed by atoms with E-state index in [2.05, 4.69) is 5.32 Å². The molecule has 0 heterocycles. The fraction of sp³-hybridized carbons (Fsp3) is 0.579. The number of nitrogens with one attached hydrogen (secondary N) is 1. The second-order valence-electron chi connectivity index (χ2n) is 7.07. The lowest BCUT2D eigenvalue weighted by Crippen LogP contribution is -2.41. The monoisotopic (exact) mass is 330 g/mol. The molecule has 3 rings (SSSR count). The van der Waals surface area contributed by atoms with Gasteiger partial charge in [0.2, 0.25) is 0 Å². The van der Waals surface area contributed by atoms with Crippen molar-refractivity contribution in [2.75, 3.05) is 6.61 Å². The molecule has 1 aromatic rings. The summed E-state index contributed by atoms with van der Waals surface area (Å²) in [5.41, 5.74) is 5.66. The van der Waals surface area contributed by atoms with Crippen LogP contribution < -0.4 is 15.8 Å². The van der Waals surface area contributed by atoms with Crippen LogP contribution in [0, 0.1) is 11.8 Å². The maximum Gasteiger partial charge on any atom is 0.255 e. The first kappa shape index (κ1) is 16.8. The molecule has 0 radical (unpaired) electrons. The Bertz CT molecular complexity index is 585. The zero-order valence-corrected chi connectivity index (χ0v) is 14.0. The van der Waals surface area contributed by atoms with E-state index < -0.39 is 5.91 Å². The molecule has 0 spiro atoms. The first-order chi connectivity index (χ1) is 11.6. The molecule has 24 heavy (non-hydrogen) atoms. The highest BCUT2D eigenvalue weighted by atomic mass is 16.5. The number of hydrogen-bond donors (Lipinski definition) is 2. The number of ether oxygens (including phenoxy) is 1. The van der Waals surface area contributed by atoms with E-state index in [1.54, 1.807) is 24.3 Å². The minimum Gasteiger partial charge on any atom is -0.484 e. The summed E-state index contributed by atoms with van der Waals surface area (Å²) in [5, 5.41) is 3.18. The van der Waals surface area contributed by atoms with Crippen molar-refractivity contribution in [1.29, 1.82) is 0 Å². The molecule has 2 aliphatic carbocycles. The number of amides is 2. The maximum absolute atomic E-state index is 12.4. The third kappa shape index (κ3) is 4.28. The van der Waals surface area contributed by atoms with Crippen LogP contribution in [0.15, 0.2) is 24.3 Å². The van der Waals surface area contributed by atoms with Gasteiger partial charge in [-0.25, -0.2) is 0 Å². The van der Waals surface area contributed by atoms with Crippen LogP contribution in [0.2, 0.25) is 0 Å². The Morgan fingerprint density at radius 2 is 1.75 bits per heavy atom. The topological polar surface area (TPSA) is 81.4 Å². The molecule has 0 aliphatic heterocycles. The largest absolute Gasteiger partial charge is 0.484 e. The molecule has 0 unspecified atom stereocenters. The second kappa shape index (κ2) is 7.69. The van der Waals surface area contributed by atoms with Gasteiger partial charge in [0.1, 0.15) is 5.75 Å². The Labute approximate surface area is 142 Å². The van der Waals surface area contributed by atoms with Gasteiger partial charge in [0.25, 0.3) is 11.8 Å². The van der Waals surface area contributed by atoms with Gasteiger partial charge < -0.3 is 15.8 Å². The minimum atomic E-state index is -0.518. The highest BCUT2D eigenvalue weighted by Crippen LogP contribution is 2.40. The molecule has 130 valence electrons. The predicted octanol–water partition coefficient (Wildman–Crippen LogP) is 2.64. The van der Waals surface area contributed by atoms with E-state index in [9.17, 15) is 9.59 Å². The number of hydrogen-bond acceptors (Lipinski definition) is 3. The molecule has 0 bridgehead atoms. The molecular weight excluding hydrogens is 304 g/mol. The van der Waals surface area contributed by atoms with Crippen LogP contribution >= 0.6 is 0 Å². The number of rotatable bonds is 5. The molecule has 2 saturated carbocycles. The van der Waals surface area contributed by atoms with Crippen LogP contribution in [-0.4, -0.2) is 24.5 Å². The summed E-state index contributed by atoms with van der Waals surface area (Å²) in [6, 6.07) is 7.12. The molecule has 3 atom stereocenters. The van der Waals surface area contributed by atoms with Gasteiger partial charge in [0.05, 0.1) is 0 Å². The van der Waals surface area contributed by atoms with Gasteiger partial charge in [-0.15, -0.1) is 0 Å². The first-order valence-electron chi connectivity index (χ1n) is 8.94. The summed E-state index contributed by atoms with van der Waals surface area (Å²) in [7, 11) is 0. The third-order valence-electron chi connectivity index (χ3n) is 5.37. The summed E-state index contributed by atoms with van der Waals surface area (Å²) >= 11 is 0. The van der Waals surface area contributed by atoms with Gasteiger partial charge in [-0.3, -0.25) is 9.59 Å². The van der Waals surface area contributed by atoms with Crippen molar-refractivity contribution in [3.05, 3.63) is 29.8 Å². The third-order valence-corrected chi connectivity index (χ3v) is 5.37. The Balaban J connectivity index is 1.52. The first-order valence-corrected chi connectivity index (χ1v) is 8.94. The number of carbonyl (C=O) groups excluding carboxylic acids is 2. The molecule has 2 amide bonds. The summed E-state index contributed by atoms with van der Waals surface area (Å²) in [6.45, 7) is -0.157. The van der Waals surface area contributed by atoms with Crippen molar-refractivity contribution >= 4 is 11.8 Å². The van der Waals surface area contributed by atoms with Crippen LogP contribution in [0.3, 0.4) is 0 Å². The number of primary amides is 1. The second-order valence-corrected chi connectivity index (χ2v) is 7.07. The molecule has 3 N–H and O–H groups in total. The van der Waals surface area contributed by atoms with Crippen LogP contribution in [0.25, 0.3) is 0 Å². The van der Waals surface area contributed by atoms with Crippen LogP contribution in [0.4, 0.5) is 0 Å². The summed E-state index contributed by atoms with van der Waals surface area (Å²) in [6.07, 6.45) is 8.87. The standard InChI is InChI=1S/C19H26N2O3/c20-18(22)12-24-17-9-6-14(7-10-17)19(23)21-16-8-5-13-3-1-2-4-15(13)11-16/h6-7,9-10,13,15-16H,1-5,8,11-12H2,(H2,20,22)(H,21,23)/t13-,15-,16+/m0/s1. The average Bonchev–Trinajstić information content (AvgIpc) is 2.60. The van der Waals surface area contributed by atoms with Crippen molar-refractivity contribution < 1.29 is 14.3 Å². The van der Waals surface area contributed by atoms with Gasteiger partial charge in [0, 0.05) is 11.6 Å². The van der Waals surface area contributed by atoms with Crippen LogP contribution in [0.5, 0.6) is 5.75 Å².